The van der Waals surface area contributed by atoms with Crippen molar-refractivity contribution in [1.82, 2.24) is 0 Å². The van der Waals surface area contributed by atoms with Gasteiger partial charge >= 0.3 is 6.11 Å². The van der Waals surface area contributed by atoms with Crippen LogP contribution in [-0.2, 0) is 30.1 Å². The molecule has 3 rings (SSSR count). The first kappa shape index (κ1) is 19.9. The van der Waals surface area contributed by atoms with Crippen LogP contribution in [0, 0.1) is 5.82 Å². The molecular formula is C23H27F3O. The Labute approximate surface area is 159 Å². The van der Waals surface area contributed by atoms with Crippen molar-refractivity contribution in [2.45, 2.75) is 71.0 Å². The SMILES string of the molecule is CCCCCc1ccc(C2Cc3ccc(CCC)c(F)c3C(F)(F)O2)cc1. The van der Waals surface area contributed by atoms with Gasteiger partial charge in [0.05, 0.1) is 11.7 Å². The molecule has 0 aliphatic carbocycles. The summed E-state index contributed by atoms with van der Waals surface area (Å²) in [7, 11) is 0. The van der Waals surface area contributed by atoms with Crippen molar-refractivity contribution in [3.8, 4) is 0 Å². The van der Waals surface area contributed by atoms with Crippen LogP contribution in [0.2, 0.25) is 0 Å². The lowest BCUT2D eigenvalue weighted by Gasteiger charge is -2.32. The number of rotatable bonds is 7. The molecule has 0 aromatic heterocycles. The summed E-state index contributed by atoms with van der Waals surface area (Å²) in [5, 5.41) is 0. The highest BCUT2D eigenvalue weighted by molar-refractivity contribution is 5.39. The number of unbranched alkanes of at least 4 members (excludes halogenated alkanes) is 2. The molecule has 1 nitrogen and oxygen atoms in total. The molecule has 1 aliphatic heterocycles. The van der Waals surface area contributed by atoms with E-state index in [0.717, 1.165) is 12.8 Å². The van der Waals surface area contributed by atoms with Gasteiger partial charge in [-0.25, -0.2) is 4.39 Å². The van der Waals surface area contributed by atoms with E-state index in [4.69, 9.17) is 4.74 Å². The van der Waals surface area contributed by atoms with E-state index in [-0.39, 0.29) is 6.42 Å². The van der Waals surface area contributed by atoms with E-state index in [9.17, 15) is 13.2 Å². The Morgan fingerprint density at radius 3 is 2.37 bits per heavy atom. The molecule has 146 valence electrons. The molecule has 0 N–H and O–H groups in total. The number of alkyl halides is 2. The van der Waals surface area contributed by atoms with Crippen LogP contribution in [0.25, 0.3) is 0 Å². The predicted molar refractivity (Wildman–Crippen MR) is 101 cm³/mol. The van der Waals surface area contributed by atoms with Crippen molar-refractivity contribution in [2.24, 2.45) is 0 Å². The molecule has 1 atom stereocenters. The van der Waals surface area contributed by atoms with Crippen LogP contribution in [0.4, 0.5) is 13.2 Å². The van der Waals surface area contributed by atoms with Gasteiger partial charge in [-0.1, -0.05) is 69.5 Å². The van der Waals surface area contributed by atoms with Crippen LogP contribution in [0.3, 0.4) is 0 Å². The van der Waals surface area contributed by atoms with Crippen molar-refractivity contribution in [3.63, 3.8) is 0 Å². The molecular weight excluding hydrogens is 349 g/mol. The third kappa shape index (κ3) is 4.37. The molecule has 2 aromatic rings. The van der Waals surface area contributed by atoms with Crippen LogP contribution in [0.1, 0.15) is 73.5 Å². The van der Waals surface area contributed by atoms with Gasteiger partial charge in [-0.15, -0.1) is 0 Å². The predicted octanol–water partition coefficient (Wildman–Crippen LogP) is 6.87. The van der Waals surface area contributed by atoms with E-state index >= 15 is 0 Å². The lowest BCUT2D eigenvalue weighted by atomic mass is 9.90. The Morgan fingerprint density at radius 2 is 1.70 bits per heavy atom. The number of hydrogen-bond acceptors (Lipinski definition) is 1. The summed E-state index contributed by atoms with van der Waals surface area (Å²) in [6, 6.07) is 10.9. The third-order valence-electron chi connectivity index (χ3n) is 5.23. The molecule has 1 unspecified atom stereocenters. The standard InChI is InChI=1S/C23H27F3O/c1-3-5-6-8-16-9-11-17(12-10-16)20-15-19-14-13-18(7-4-2)22(24)21(19)23(25,26)27-20/h9-14,20H,3-8,15H2,1-2H3. The second kappa shape index (κ2) is 8.47. The van der Waals surface area contributed by atoms with Crippen LogP contribution < -0.4 is 0 Å². The zero-order chi connectivity index (χ0) is 19.4. The molecule has 0 amide bonds. The van der Waals surface area contributed by atoms with E-state index in [1.807, 2.05) is 31.2 Å². The second-order valence-electron chi connectivity index (χ2n) is 7.35. The fraction of sp³-hybridized carbons (Fsp3) is 0.478. The monoisotopic (exact) mass is 376 g/mol. The number of benzene rings is 2. The second-order valence-corrected chi connectivity index (χ2v) is 7.35. The van der Waals surface area contributed by atoms with Gasteiger partial charge in [-0.3, -0.25) is 0 Å². The summed E-state index contributed by atoms with van der Waals surface area (Å²) in [6.07, 6.45) is 1.47. The van der Waals surface area contributed by atoms with E-state index in [2.05, 4.69) is 6.92 Å². The molecule has 0 spiro atoms. The van der Waals surface area contributed by atoms with Gasteiger partial charge in [-0.05, 0) is 41.5 Å². The first-order valence-corrected chi connectivity index (χ1v) is 9.91. The van der Waals surface area contributed by atoms with Gasteiger partial charge < -0.3 is 4.74 Å². The van der Waals surface area contributed by atoms with Gasteiger partial charge in [0, 0.05) is 6.42 Å². The molecule has 0 saturated carbocycles. The van der Waals surface area contributed by atoms with Gasteiger partial charge in [0.25, 0.3) is 0 Å². The summed E-state index contributed by atoms with van der Waals surface area (Å²) in [4.78, 5) is 0. The molecule has 1 aliphatic rings. The van der Waals surface area contributed by atoms with Crippen LogP contribution >= 0.6 is 0 Å². The maximum atomic E-state index is 14.6. The molecule has 1 heterocycles. The summed E-state index contributed by atoms with van der Waals surface area (Å²) in [5.74, 6) is -0.816. The average Bonchev–Trinajstić information content (AvgIpc) is 2.64. The minimum atomic E-state index is -3.62. The molecule has 4 heteroatoms. The highest BCUT2D eigenvalue weighted by atomic mass is 19.3. The summed E-state index contributed by atoms with van der Waals surface area (Å²) < 4.78 is 48.9. The normalized spacial score (nSPS) is 18.3. The number of hydrogen-bond donors (Lipinski definition) is 0. The summed E-state index contributed by atoms with van der Waals surface area (Å²) in [5.41, 5.74) is 1.99. The smallest absolute Gasteiger partial charge is 0.308 e. The minimum absolute atomic E-state index is 0.253. The van der Waals surface area contributed by atoms with Crippen molar-refractivity contribution in [1.29, 1.82) is 0 Å². The van der Waals surface area contributed by atoms with Crippen LogP contribution in [0.5, 0.6) is 0 Å². The minimum Gasteiger partial charge on any atom is -0.308 e. The Morgan fingerprint density at radius 1 is 0.963 bits per heavy atom. The van der Waals surface area contributed by atoms with Gasteiger partial charge in [0.1, 0.15) is 5.82 Å². The molecule has 0 fully saturated rings. The number of ether oxygens (including phenoxy) is 1. The number of halogens is 3. The molecule has 0 bridgehead atoms. The molecule has 0 radical (unpaired) electrons. The van der Waals surface area contributed by atoms with Crippen LogP contribution in [0.15, 0.2) is 36.4 Å². The zero-order valence-corrected chi connectivity index (χ0v) is 16.0. The molecule has 0 saturated heterocycles. The maximum Gasteiger partial charge on any atom is 0.387 e. The fourth-order valence-electron chi connectivity index (χ4n) is 3.75. The summed E-state index contributed by atoms with van der Waals surface area (Å²) in [6.45, 7) is 4.06. The van der Waals surface area contributed by atoms with Gasteiger partial charge in [0.2, 0.25) is 0 Å². The number of aryl methyl sites for hydroxylation is 2. The van der Waals surface area contributed by atoms with Crippen molar-refractivity contribution in [2.75, 3.05) is 0 Å². The first-order valence-electron chi connectivity index (χ1n) is 9.91. The van der Waals surface area contributed by atoms with E-state index < -0.39 is 23.6 Å². The van der Waals surface area contributed by atoms with Crippen LogP contribution in [-0.4, -0.2) is 0 Å². The highest BCUT2D eigenvalue weighted by Gasteiger charge is 2.45. The summed E-state index contributed by atoms with van der Waals surface area (Å²) >= 11 is 0. The Balaban J connectivity index is 1.82. The lowest BCUT2D eigenvalue weighted by Crippen LogP contribution is -2.31. The quantitative estimate of drug-likeness (QED) is 0.479. The fourth-order valence-corrected chi connectivity index (χ4v) is 3.75. The topological polar surface area (TPSA) is 9.23 Å². The van der Waals surface area contributed by atoms with E-state index in [1.54, 1.807) is 12.1 Å². The number of fused-ring (bicyclic) bond motifs is 1. The van der Waals surface area contributed by atoms with Gasteiger partial charge in [-0.2, -0.15) is 8.78 Å². The molecule has 2 aromatic carbocycles. The molecule has 27 heavy (non-hydrogen) atoms. The van der Waals surface area contributed by atoms with E-state index in [1.165, 1.54) is 18.4 Å². The van der Waals surface area contributed by atoms with Crippen molar-refractivity contribution < 1.29 is 17.9 Å². The van der Waals surface area contributed by atoms with Crippen molar-refractivity contribution in [3.05, 3.63) is 70.0 Å². The van der Waals surface area contributed by atoms with Crippen molar-refractivity contribution >= 4 is 0 Å². The Bertz CT molecular complexity index is 768. The van der Waals surface area contributed by atoms with Gasteiger partial charge in [0.15, 0.2) is 0 Å². The Hall–Kier alpha value is -1.81. The Kier molecular flexibility index (Phi) is 6.25. The zero-order valence-electron chi connectivity index (χ0n) is 16.0. The third-order valence-corrected chi connectivity index (χ3v) is 5.23. The highest BCUT2D eigenvalue weighted by Crippen LogP contribution is 2.45. The first-order chi connectivity index (χ1) is 13.0. The van der Waals surface area contributed by atoms with E-state index in [0.29, 0.717) is 29.5 Å². The lowest BCUT2D eigenvalue weighted by molar-refractivity contribution is -0.284. The maximum absolute atomic E-state index is 14.6. The average molecular weight is 376 g/mol. The largest absolute Gasteiger partial charge is 0.387 e.